The summed E-state index contributed by atoms with van der Waals surface area (Å²) in [6, 6.07) is 15.0. The number of rotatable bonds is 2. The number of hydrogen-bond donors (Lipinski definition) is 1. The van der Waals surface area contributed by atoms with E-state index >= 15 is 0 Å². The third kappa shape index (κ3) is 2.80. The van der Waals surface area contributed by atoms with Gasteiger partial charge in [-0.25, -0.2) is 0 Å². The van der Waals surface area contributed by atoms with Crippen molar-refractivity contribution in [2.24, 2.45) is 0 Å². The first kappa shape index (κ1) is 14.5. The molecule has 112 valence electrons. The smallest absolute Gasteiger partial charge is 0.257 e. The van der Waals surface area contributed by atoms with Crippen molar-refractivity contribution in [3.63, 3.8) is 0 Å². The molecule has 0 saturated heterocycles. The molecule has 1 heterocycles. The van der Waals surface area contributed by atoms with E-state index in [1.807, 2.05) is 23.1 Å². The molecule has 22 heavy (non-hydrogen) atoms. The Morgan fingerprint density at radius 3 is 2.64 bits per heavy atom. The molecule has 0 aliphatic carbocycles. The second-order valence-electron chi connectivity index (χ2n) is 5.02. The molecule has 4 nitrogen and oxygen atoms in total. The van der Waals surface area contributed by atoms with E-state index in [1.165, 1.54) is 5.56 Å². The van der Waals surface area contributed by atoms with Crippen molar-refractivity contribution in [3.8, 4) is 5.75 Å². The highest BCUT2D eigenvalue weighted by Gasteiger charge is 2.22. The Bertz CT molecular complexity index is 713. The van der Waals surface area contributed by atoms with E-state index < -0.39 is 0 Å². The third-order valence-electron chi connectivity index (χ3n) is 3.70. The SMILES string of the molecule is COc1ccc(C(=O)NC(=S)N2CCc3ccccc32)cc1. The van der Waals surface area contributed by atoms with Crippen molar-refractivity contribution >= 4 is 28.9 Å². The highest BCUT2D eigenvalue weighted by atomic mass is 32.1. The number of nitrogens with one attached hydrogen (secondary N) is 1. The number of methoxy groups -OCH3 is 1. The number of thiocarbonyl (C=S) groups is 1. The molecular weight excluding hydrogens is 296 g/mol. The zero-order valence-electron chi connectivity index (χ0n) is 12.2. The predicted octanol–water partition coefficient (Wildman–Crippen LogP) is 2.77. The fraction of sp³-hybridized carbons (Fsp3) is 0.176. The van der Waals surface area contributed by atoms with Gasteiger partial charge in [-0.15, -0.1) is 0 Å². The molecule has 1 amide bonds. The van der Waals surface area contributed by atoms with Gasteiger partial charge in [-0.2, -0.15) is 0 Å². The van der Waals surface area contributed by atoms with E-state index in [0.717, 1.165) is 18.7 Å². The quantitative estimate of drug-likeness (QED) is 0.866. The molecule has 0 radical (unpaired) electrons. The van der Waals surface area contributed by atoms with Gasteiger partial charge in [0, 0.05) is 17.8 Å². The second-order valence-corrected chi connectivity index (χ2v) is 5.40. The minimum absolute atomic E-state index is 0.211. The van der Waals surface area contributed by atoms with Crippen LogP contribution in [0.5, 0.6) is 5.75 Å². The van der Waals surface area contributed by atoms with Gasteiger partial charge in [0.25, 0.3) is 5.91 Å². The van der Waals surface area contributed by atoms with Crippen molar-refractivity contribution in [2.45, 2.75) is 6.42 Å². The Morgan fingerprint density at radius 2 is 1.91 bits per heavy atom. The lowest BCUT2D eigenvalue weighted by Gasteiger charge is -2.20. The minimum atomic E-state index is -0.211. The Kier molecular flexibility index (Phi) is 4.06. The van der Waals surface area contributed by atoms with E-state index in [2.05, 4.69) is 11.4 Å². The summed E-state index contributed by atoms with van der Waals surface area (Å²) in [5.74, 6) is 0.504. The van der Waals surface area contributed by atoms with Crippen LogP contribution in [0.25, 0.3) is 0 Å². The monoisotopic (exact) mass is 312 g/mol. The van der Waals surface area contributed by atoms with Crippen LogP contribution in [0.4, 0.5) is 5.69 Å². The number of ether oxygens (including phenoxy) is 1. The second kappa shape index (κ2) is 6.15. The minimum Gasteiger partial charge on any atom is -0.497 e. The number of nitrogens with zero attached hydrogens (tertiary/aromatic N) is 1. The number of para-hydroxylation sites is 1. The molecule has 1 aliphatic rings. The van der Waals surface area contributed by atoms with Gasteiger partial charge in [-0.3, -0.25) is 10.1 Å². The molecule has 5 heteroatoms. The topological polar surface area (TPSA) is 41.6 Å². The summed E-state index contributed by atoms with van der Waals surface area (Å²) in [6.07, 6.45) is 0.939. The van der Waals surface area contributed by atoms with Crippen LogP contribution in [-0.2, 0) is 6.42 Å². The maximum atomic E-state index is 12.3. The summed E-state index contributed by atoms with van der Waals surface area (Å²) in [7, 11) is 1.59. The molecule has 0 fully saturated rings. The first-order valence-electron chi connectivity index (χ1n) is 7.04. The van der Waals surface area contributed by atoms with Crippen LogP contribution in [0.15, 0.2) is 48.5 Å². The summed E-state index contributed by atoms with van der Waals surface area (Å²) in [4.78, 5) is 14.2. The average Bonchev–Trinajstić information content (AvgIpc) is 2.99. The van der Waals surface area contributed by atoms with Crippen LogP contribution in [0.3, 0.4) is 0 Å². The van der Waals surface area contributed by atoms with Gasteiger partial charge in [-0.05, 0) is 54.5 Å². The van der Waals surface area contributed by atoms with Gasteiger partial charge < -0.3 is 9.64 Å². The molecule has 2 aromatic carbocycles. The average molecular weight is 312 g/mol. The molecule has 1 N–H and O–H groups in total. The Hall–Kier alpha value is -2.40. The van der Waals surface area contributed by atoms with Crippen molar-refractivity contribution in [2.75, 3.05) is 18.6 Å². The van der Waals surface area contributed by atoms with Crippen LogP contribution in [0.2, 0.25) is 0 Å². The van der Waals surface area contributed by atoms with Crippen molar-refractivity contribution < 1.29 is 9.53 Å². The zero-order chi connectivity index (χ0) is 15.5. The molecule has 1 aliphatic heterocycles. The number of fused-ring (bicyclic) bond motifs is 1. The van der Waals surface area contributed by atoms with Gasteiger partial charge in [0.05, 0.1) is 7.11 Å². The number of hydrogen-bond acceptors (Lipinski definition) is 3. The van der Waals surface area contributed by atoms with E-state index in [0.29, 0.717) is 16.4 Å². The van der Waals surface area contributed by atoms with Crippen LogP contribution in [0.1, 0.15) is 15.9 Å². The van der Waals surface area contributed by atoms with E-state index in [1.54, 1.807) is 31.4 Å². The summed E-state index contributed by atoms with van der Waals surface area (Å²) in [5, 5.41) is 3.23. The first-order chi connectivity index (χ1) is 10.7. The molecule has 0 atom stereocenters. The summed E-state index contributed by atoms with van der Waals surface area (Å²) in [5.41, 5.74) is 2.88. The molecule has 3 rings (SSSR count). The lowest BCUT2D eigenvalue weighted by molar-refractivity contribution is 0.0977. The Morgan fingerprint density at radius 1 is 1.18 bits per heavy atom. The van der Waals surface area contributed by atoms with E-state index in [-0.39, 0.29) is 5.91 Å². The van der Waals surface area contributed by atoms with E-state index in [9.17, 15) is 4.79 Å². The summed E-state index contributed by atoms with van der Waals surface area (Å²) < 4.78 is 5.08. The summed E-state index contributed by atoms with van der Waals surface area (Å²) in [6.45, 7) is 0.793. The number of carbonyl (C=O) groups is 1. The van der Waals surface area contributed by atoms with Gasteiger partial charge in [-0.1, -0.05) is 18.2 Å². The zero-order valence-corrected chi connectivity index (χ0v) is 13.0. The van der Waals surface area contributed by atoms with Crippen molar-refractivity contribution in [1.82, 2.24) is 5.32 Å². The molecule has 2 aromatic rings. The van der Waals surface area contributed by atoms with Gasteiger partial charge in [0.1, 0.15) is 5.75 Å². The van der Waals surface area contributed by atoms with Crippen LogP contribution < -0.4 is 15.0 Å². The van der Waals surface area contributed by atoms with Crippen molar-refractivity contribution in [3.05, 3.63) is 59.7 Å². The number of amides is 1. The molecule has 0 unspecified atom stereocenters. The Balaban J connectivity index is 1.70. The molecule has 0 spiro atoms. The largest absolute Gasteiger partial charge is 0.497 e. The maximum absolute atomic E-state index is 12.3. The Labute approximate surface area is 134 Å². The van der Waals surface area contributed by atoms with E-state index in [4.69, 9.17) is 17.0 Å². The van der Waals surface area contributed by atoms with Gasteiger partial charge in [0.2, 0.25) is 0 Å². The lowest BCUT2D eigenvalue weighted by atomic mass is 10.2. The summed E-state index contributed by atoms with van der Waals surface area (Å²) >= 11 is 5.38. The molecular formula is C17H16N2O2S. The maximum Gasteiger partial charge on any atom is 0.257 e. The molecule has 0 bridgehead atoms. The van der Waals surface area contributed by atoms with Crippen LogP contribution >= 0.6 is 12.2 Å². The molecule has 0 aromatic heterocycles. The van der Waals surface area contributed by atoms with Crippen LogP contribution in [-0.4, -0.2) is 24.7 Å². The van der Waals surface area contributed by atoms with Crippen molar-refractivity contribution in [1.29, 1.82) is 0 Å². The van der Waals surface area contributed by atoms with Gasteiger partial charge >= 0.3 is 0 Å². The number of benzene rings is 2. The first-order valence-corrected chi connectivity index (χ1v) is 7.44. The van der Waals surface area contributed by atoms with Crippen LogP contribution in [0, 0.1) is 0 Å². The standard InChI is InChI=1S/C17H16N2O2S/c1-21-14-8-6-13(7-9-14)16(20)18-17(22)19-11-10-12-4-2-3-5-15(12)19/h2-9H,10-11H2,1H3,(H,18,20,22). The fourth-order valence-electron chi connectivity index (χ4n) is 2.53. The fourth-order valence-corrected chi connectivity index (χ4v) is 2.81. The number of anilines is 1. The predicted molar refractivity (Wildman–Crippen MR) is 90.6 cm³/mol. The molecule has 0 saturated carbocycles. The number of carbonyl (C=O) groups excluding carboxylic acids is 1. The highest BCUT2D eigenvalue weighted by molar-refractivity contribution is 7.80. The third-order valence-corrected chi connectivity index (χ3v) is 4.03. The highest BCUT2D eigenvalue weighted by Crippen LogP contribution is 2.27. The normalized spacial score (nSPS) is 12.7. The lowest BCUT2D eigenvalue weighted by Crippen LogP contribution is -2.41. The van der Waals surface area contributed by atoms with Gasteiger partial charge in [0.15, 0.2) is 5.11 Å².